The molecule has 1 aliphatic heterocycles. The standard InChI is InChI=1S/C34H56O8/c1-18(2)19(3)7-8-20(4)23-9-10-24-22-15-27(36)34(40)16-21(11-14-33(34,6)25(22)12-13-32(23,24)5)41-31-30(39)29(38)28(37)26(17-35)42-31/h7-8,15,18-21,23-31,35-40H,9-14,16-17H2,1-6H3/b8-7+/t19-,20+,21-,23+,24-,25-,26+,27+,28+,29-,30+,31+,32+,33+,34-/m0/s1. The first-order valence-electron chi connectivity index (χ1n) is 16.4. The van der Waals surface area contributed by atoms with Crippen molar-refractivity contribution >= 4 is 0 Å². The van der Waals surface area contributed by atoms with Crippen molar-refractivity contribution in [2.24, 2.45) is 46.3 Å². The summed E-state index contributed by atoms with van der Waals surface area (Å²) in [6, 6.07) is 0. The first kappa shape index (κ1) is 32.6. The van der Waals surface area contributed by atoms with Gasteiger partial charge in [-0.25, -0.2) is 0 Å². The summed E-state index contributed by atoms with van der Waals surface area (Å²) in [7, 11) is 0. The molecule has 0 aromatic heterocycles. The summed E-state index contributed by atoms with van der Waals surface area (Å²) in [4.78, 5) is 0. The van der Waals surface area contributed by atoms with Gasteiger partial charge in [-0.1, -0.05) is 65.3 Å². The minimum absolute atomic E-state index is 0.167. The van der Waals surface area contributed by atoms with Crippen molar-refractivity contribution < 1.29 is 40.1 Å². The number of hydrogen-bond acceptors (Lipinski definition) is 8. The van der Waals surface area contributed by atoms with Gasteiger partial charge < -0.3 is 40.1 Å². The molecule has 1 saturated heterocycles. The van der Waals surface area contributed by atoms with Crippen molar-refractivity contribution in [1.82, 2.24) is 0 Å². The zero-order chi connectivity index (χ0) is 30.8. The van der Waals surface area contributed by atoms with Crippen LogP contribution in [0.4, 0.5) is 0 Å². The Balaban J connectivity index is 1.33. The normalized spacial score (nSPS) is 50.6. The average Bonchev–Trinajstić information content (AvgIpc) is 3.30. The Hall–Kier alpha value is -0.840. The Labute approximate surface area is 251 Å². The number of allylic oxidation sites excluding steroid dienone is 3. The van der Waals surface area contributed by atoms with Crippen LogP contribution in [-0.4, -0.2) is 85.8 Å². The van der Waals surface area contributed by atoms with Crippen molar-refractivity contribution in [1.29, 1.82) is 0 Å². The van der Waals surface area contributed by atoms with Gasteiger partial charge in [0.25, 0.3) is 0 Å². The maximum atomic E-state index is 12.2. The van der Waals surface area contributed by atoms with E-state index < -0.39 is 60.5 Å². The minimum Gasteiger partial charge on any atom is -0.394 e. The fourth-order valence-corrected chi connectivity index (χ4v) is 9.62. The highest BCUT2D eigenvalue weighted by molar-refractivity contribution is 5.33. The molecule has 15 atom stereocenters. The van der Waals surface area contributed by atoms with Crippen molar-refractivity contribution in [3.05, 3.63) is 23.8 Å². The van der Waals surface area contributed by atoms with Crippen LogP contribution in [0.3, 0.4) is 0 Å². The summed E-state index contributed by atoms with van der Waals surface area (Å²) in [5, 5.41) is 64.2. The van der Waals surface area contributed by atoms with E-state index in [-0.39, 0.29) is 17.8 Å². The smallest absolute Gasteiger partial charge is 0.186 e. The average molecular weight is 593 g/mol. The SMILES string of the molecule is CC(C)[C@@H](C)/C=C/[C@@H](C)[C@H]1CC[C@H]2C3=C[C@@H](O)[C@@]4(O)C[C@@H](O[C@@H]5O[C@H](CO)[C@@H](O)[C@H](O)[C@H]5O)CC[C@]4(C)[C@H]3CC[C@]12C. The molecule has 4 aliphatic carbocycles. The molecule has 240 valence electrons. The van der Waals surface area contributed by atoms with Gasteiger partial charge in [-0.15, -0.1) is 0 Å². The van der Waals surface area contributed by atoms with Gasteiger partial charge in [-0.3, -0.25) is 0 Å². The molecule has 0 bridgehead atoms. The zero-order valence-electron chi connectivity index (χ0n) is 26.4. The molecule has 8 nitrogen and oxygen atoms in total. The van der Waals surface area contributed by atoms with Crippen LogP contribution in [0.2, 0.25) is 0 Å². The Morgan fingerprint density at radius 2 is 1.64 bits per heavy atom. The van der Waals surface area contributed by atoms with Gasteiger partial charge in [-0.05, 0) is 79.4 Å². The molecule has 6 N–H and O–H groups in total. The van der Waals surface area contributed by atoms with E-state index in [4.69, 9.17) is 9.47 Å². The van der Waals surface area contributed by atoms with Crippen molar-refractivity contribution in [3.8, 4) is 0 Å². The molecular formula is C34H56O8. The van der Waals surface area contributed by atoms with Gasteiger partial charge in [0.1, 0.15) is 36.1 Å². The Morgan fingerprint density at radius 1 is 0.929 bits per heavy atom. The molecular weight excluding hydrogens is 536 g/mol. The molecule has 0 amide bonds. The highest BCUT2D eigenvalue weighted by atomic mass is 16.7. The zero-order valence-corrected chi connectivity index (χ0v) is 26.4. The molecule has 0 aromatic rings. The molecule has 0 radical (unpaired) electrons. The molecule has 5 rings (SSSR count). The second-order valence-electron chi connectivity index (χ2n) is 15.3. The van der Waals surface area contributed by atoms with E-state index in [1.54, 1.807) is 0 Å². The summed E-state index contributed by atoms with van der Waals surface area (Å²) < 4.78 is 11.6. The molecule has 8 heteroatoms. The van der Waals surface area contributed by atoms with E-state index in [1.165, 1.54) is 12.0 Å². The first-order valence-corrected chi connectivity index (χ1v) is 16.4. The molecule has 3 saturated carbocycles. The Morgan fingerprint density at radius 3 is 2.31 bits per heavy atom. The second kappa shape index (κ2) is 11.8. The fraction of sp³-hybridized carbons (Fsp3) is 0.882. The number of ether oxygens (including phenoxy) is 2. The van der Waals surface area contributed by atoms with Gasteiger partial charge in [0.2, 0.25) is 0 Å². The van der Waals surface area contributed by atoms with E-state index >= 15 is 0 Å². The number of hydrogen-bond donors (Lipinski definition) is 6. The van der Waals surface area contributed by atoms with Crippen LogP contribution in [0.5, 0.6) is 0 Å². The number of aliphatic hydroxyl groups excluding tert-OH is 5. The highest BCUT2D eigenvalue weighted by Gasteiger charge is 2.65. The van der Waals surface area contributed by atoms with Gasteiger partial charge >= 0.3 is 0 Å². The van der Waals surface area contributed by atoms with Crippen molar-refractivity contribution in [3.63, 3.8) is 0 Å². The quantitative estimate of drug-likeness (QED) is 0.248. The molecule has 0 aromatic carbocycles. The minimum atomic E-state index is -1.52. The van der Waals surface area contributed by atoms with Gasteiger partial charge in [-0.2, -0.15) is 0 Å². The highest BCUT2D eigenvalue weighted by Crippen LogP contribution is 2.67. The number of fused-ring (bicyclic) bond motifs is 5. The second-order valence-corrected chi connectivity index (χ2v) is 15.3. The lowest BCUT2D eigenvalue weighted by Gasteiger charge is -2.62. The topological polar surface area (TPSA) is 140 Å². The molecule has 0 unspecified atom stereocenters. The third-order valence-electron chi connectivity index (χ3n) is 12.9. The number of rotatable bonds is 7. The first-order chi connectivity index (χ1) is 19.7. The fourth-order valence-electron chi connectivity index (χ4n) is 9.62. The van der Waals surface area contributed by atoms with E-state index in [1.807, 2.05) is 6.08 Å². The van der Waals surface area contributed by atoms with Crippen LogP contribution in [0.1, 0.15) is 86.5 Å². The molecule has 4 fully saturated rings. The van der Waals surface area contributed by atoms with Crippen LogP contribution in [0.15, 0.2) is 23.8 Å². The predicted octanol–water partition coefficient (Wildman–Crippen LogP) is 3.32. The maximum absolute atomic E-state index is 12.2. The lowest BCUT2D eigenvalue weighted by atomic mass is 9.45. The summed E-state index contributed by atoms with van der Waals surface area (Å²) in [5.41, 5.74) is -0.427. The van der Waals surface area contributed by atoms with E-state index in [2.05, 4.69) is 53.7 Å². The summed E-state index contributed by atoms with van der Waals surface area (Å²) in [6.45, 7) is 13.3. The van der Waals surface area contributed by atoms with E-state index in [9.17, 15) is 30.6 Å². The third-order valence-corrected chi connectivity index (χ3v) is 12.9. The summed E-state index contributed by atoms with van der Waals surface area (Å²) >= 11 is 0. The van der Waals surface area contributed by atoms with E-state index in [0.717, 1.165) is 19.3 Å². The van der Waals surface area contributed by atoms with Crippen LogP contribution < -0.4 is 0 Å². The summed E-state index contributed by atoms with van der Waals surface area (Å²) in [6.07, 6.45) is 4.25. The van der Waals surface area contributed by atoms with Crippen LogP contribution in [-0.2, 0) is 9.47 Å². The van der Waals surface area contributed by atoms with Gasteiger partial charge in [0, 0.05) is 11.8 Å². The molecule has 42 heavy (non-hydrogen) atoms. The lowest BCUT2D eigenvalue weighted by Crippen LogP contribution is -2.66. The van der Waals surface area contributed by atoms with Gasteiger partial charge in [0.05, 0.1) is 12.7 Å². The molecule has 0 spiro atoms. The van der Waals surface area contributed by atoms with Crippen LogP contribution in [0.25, 0.3) is 0 Å². The monoisotopic (exact) mass is 592 g/mol. The molecule has 5 aliphatic rings. The molecule has 1 heterocycles. The number of aliphatic hydroxyl groups is 6. The van der Waals surface area contributed by atoms with Crippen molar-refractivity contribution in [2.75, 3.05) is 6.61 Å². The Bertz CT molecular complexity index is 1030. The lowest BCUT2D eigenvalue weighted by molar-refractivity contribution is -0.322. The predicted molar refractivity (Wildman–Crippen MR) is 159 cm³/mol. The van der Waals surface area contributed by atoms with Crippen LogP contribution in [0, 0.1) is 46.3 Å². The third kappa shape index (κ3) is 5.16. The summed E-state index contributed by atoms with van der Waals surface area (Å²) in [5.74, 6) is 2.85. The maximum Gasteiger partial charge on any atom is 0.186 e. The van der Waals surface area contributed by atoms with Crippen LogP contribution >= 0.6 is 0 Å². The van der Waals surface area contributed by atoms with Crippen molar-refractivity contribution in [2.45, 2.75) is 135 Å². The Kier molecular flexibility index (Phi) is 9.17. The van der Waals surface area contributed by atoms with Gasteiger partial charge in [0.15, 0.2) is 6.29 Å². The van der Waals surface area contributed by atoms with E-state index in [0.29, 0.717) is 42.4 Å². The largest absolute Gasteiger partial charge is 0.394 e.